The van der Waals surface area contributed by atoms with Crippen molar-refractivity contribution in [2.45, 2.75) is 12.8 Å². The van der Waals surface area contributed by atoms with Gasteiger partial charge in [0.15, 0.2) is 0 Å². The molecule has 0 bridgehead atoms. The van der Waals surface area contributed by atoms with Crippen LogP contribution in [0.15, 0.2) is 37.1 Å². The number of nitrogens with zero attached hydrogens (tertiary/aromatic N) is 3. The van der Waals surface area contributed by atoms with Gasteiger partial charge in [-0.15, -0.1) is 0 Å². The zero-order valence-corrected chi connectivity index (χ0v) is 17.6. The Bertz CT molecular complexity index is 942. The van der Waals surface area contributed by atoms with Gasteiger partial charge in [0.2, 0.25) is 11.8 Å². The molecule has 2 heterocycles. The molecule has 7 nitrogen and oxygen atoms in total. The lowest BCUT2D eigenvalue weighted by atomic mass is 10.1. The van der Waals surface area contributed by atoms with Crippen LogP contribution in [0.3, 0.4) is 0 Å². The third kappa shape index (κ3) is 4.51. The minimum absolute atomic E-state index is 0.111. The van der Waals surface area contributed by atoms with E-state index in [9.17, 15) is 4.79 Å². The summed E-state index contributed by atoms with van der Waals surface area (Å²) in [5.41, 5.74) is 1.20. The fraction of sp³-hybridized carbons (Fsp3) is 0.409. The fourth-order valence-electron chi connectivity index (χ4n) is 3.66. The van der Waals surface area contributed by atoms with Gasteiger partial charge in [0.25, 0.3) is 0 Å². The molecule has 1 aliphatic carbocycles. The highest BCUT2D eigenvalue weighted by molar-refractivity contribution is 6.32. The predicted octanol–water partition coefficient (Wildman–Crippen LogP) is 3.56. The maximum Gasteiger partial charge on any atom is 0.345 e. The number of ether oxygens (including phenoxy) is 3. The van der Waals surface area contributed by atoms with Gasteiger partial charge in [-0.25, -0.2) is 9.78 Å². The van der Waals surface area contributed by atoms with Crippen LogP contribution >= 0.6 is 11.6 Å². The van der Waals surface area contributed by atoms with Gasteiger partial charge in [-0.1, -0.05) is 30.3 Å². The standard InChI is InChI=1S/C22H24ClN3O4/c1-3-7-30-21(27)17-11-24-22(26-12-15-10-16(15)13-26)25-20(17)29-8-6-14-4-5-19(28-2)18(23)9-14/h3-5,9,11,15-16H,1,6-8,10,12-13H2,2H3. The molecule has 2 aromatic rings. The van der Waals surface area contributed by atoms with Crippen molar-refractivity contribution in [2.24, 2.45) is 11.8 Å². The second-order valence-electron chi connectivity index (χ2n) is 7.50. The van der Waals surface area contributed by atoms with Crippen LogP contribution in [-0.2, 0) is 11.2 Å². The fourth-order valence-corrected chi connectivity index (χ4v) is 3.94. The zero-order valence-electron chi connectivity index (χ0n) is 16.8. The van der Waals surface area contributed by atoms with E-state index in [1.807, 2.05) is 18.2 Å². The Balaban J connectivity index is 1.47. The molecule has 2 atom stereocenters. The maximum atomic E-state index is 12.4. The number of methoxy groups -OCH3 is 1. The van der Waals surface area contributed by atoms with Gasteiger partial charge < -0.3 is 19.1 Å². The summed E-state index contributed by atoms with van der Waals surface area (Å²) in [6.45, 7) is 5.91. The quantitative estimate of drug-likeness (QED) is 0.445. The third-order valence-electron chi connectivity index (χ3n) is 5.40. The molecular weight excluding hydrogens is 406 g/mol. The minimum atomic E-state index is -0.534. The highest BCUT2D eigenvalue weighted by atomic mass is 35.5. The second-order valence-corrected chi connectivity index (χ2v) is 7.91. The number of rotatable bonds is 9. The summed E-state index contributed by atoms with van der Waals surface area (Å²) in [4.78, 5) is 23.5. The van der Waals surface area contributed by atoms with Crippen LogP contribution in [0, 0.1) is 11.8 Å². The van der Waals surface area contributed by atoms with E-state index in [4.69, 9.17) is 25.8 Å². The summed E-state index contributed by atoms with van der Waals surface area (Å²) in [7, 11) is 1.58. The number of esters is 1. The summed E-state index contributed by atoms with van der Waals surface area (Å²) in [5.74, 6) is 2.40. The zero-order chi connectivity index (χ0) is 21.1. The van der Waals surface area contributed by atoms with Crippen LogP contribution in [-0.4, -0.2) is 49.4 Å². The molecule has 1 aromatic carbocycles. The number of piperidine rings is 1. The van der Waals surface area contributed by atoms with Crippen LogP contribution in [0.4, 0.5) is 5.95 Å². The molecule has 1 aliphatic heterocycles. The molecule has 30 heavy (non-hydrogen) atoms. The van der Waals surface area contributed by atoms with Crippen LogP contribution in [0.25, 0.3) is 0 Å². The van der Waals surface area contributed by atoms with E-state index in [1.165, 1.54) is 18.7 Å². The predicted molar refractivity (Wildman–Crippen MR) is 114 cm³/mol. The Hall–Kier alpha value is -2.80. The maximum absolute atomic E-state index is 12.4. The van der Waals surface area contributed by atoms with E-state index in [1.54, 1.807) is 7.11 Å². The van der Waals surface area contributed by atoms with Crippen molar-refractivity contribution in [3.63, 3.8) is 0 Å². The molecule has 8 heteroatoms. The van der Waals surface area contributed by atoms with E-state index in [0.717, 1.165) is 30.5 Å². The number of hydrogen-bond acceptors (Lipinski definition) is 7. The van der Waals surface area contributed by atoms with Crippen molar-refractivity contribution in [1.82, 2.24) is 9.97 Å². The highest BCUT2D eigenvalue weighted by Crippen LogP contribution is 2.45. The molecule has 4 rings (SSSR count). The van der Waals surface area contributed by atoms with Crippen LogP contribution in [0.1, 0.15) is 22.3 Å². The smallest absolute Gasteiger partial charge is 0.345 e. The summed E-state index contributed by atoms with van der Waals surface area (Å²) in [6, 6.07) is 5.58. The number of anilines is 1. The van der Waals surface area contributed by atoms with Gasteiger partial charge in [-0.3, -0.25) is 0 Å². The average Bonchev–Trinajstić information content (AvgIpc) is 3.37. The van der Waals surface area contributed by atoms with E-state index in [2.05, 4.69) is 21.4 Å². The van der Waals surface area contributed by atoms with Crippen LogP contribution in [0.2, 0.25) is 5.02 Å². The first-order valence-electron chi connectivity index (χ1n) is 9.94. The first-order valence-corrected chi connectivity index (χ1v) is 10.3. The van der Waals surface area contributed by atoms with E-state index >= 15 is 0 Å². The number of aromatic nitrogens is 2. The number of carbonyl (C=O) groups is 1. The summed E-state index contributed by atoms with van der Waals surface area (Å²) in [5, 5.41) is 0.542. The number of carbonyl (C=O) groups excluding carboxylic acids is 1. The second kappa shape index (κ2) is 8.92. The van der Waals surface area contributed by atoms with Crippen molar-refractivity contribution in [3.8, 4) is 11.6 Å². The van der Waals surface area contributed by atoms with Gasteiger partial charge >= 0.3 is 5.97 Å². The Morgan fingerprint density at radius 2 is 2.17 bits per heavy atom. The normalized spacial score (nSPS) is 19.2. The summed E-state index contributed by atoms with van der Waals surface area (Å²) in [6.07, 6.45) is 4.88. The molecule has 1 saturated heterocycles. The number of halogens is 1. The van der Waals surface area contributed by atoms with Gasteiger partial charge in [-0.2, -0.15) is 4.98 Å². The molecule has 158 valence electrons. The Labute approximate surface area is 180 Å². The SMILES string of the molecule is C=CCOC(=O)c1cnc(N2CC3CC3C2)nc1OCCc1ccc(OC)c(Cl)c1. The Morgan fingerprint density at radius 3 is 2.87 bits per heavy atom. The number of hydrogen-bond donors (Lipinski definition) is 0. The summed E-state index contributed by atoms with van der Waals surface area (Å²) >= 11 is 6.19. The lowest BCUT2D eigenvalue weighted by molar-refractivity contribution is 0.0543. The summed E-state index contributed by atoms with van der Waals surface area (Å²) < 4.78 is 16.2. The first-order chi connectivity index (χ1) is 14.6. The molecular formula is C22H24ClN3O4. The monoisotopic (exact) mass is 429 g/mol. The van der Waals surface area contributed by atoms with E-state index < -0.39 is 5.97 Å². The van der Waals surface area contributed by atoms with E-state index in [-0.39, 0.29) is 18.1 Å². The molecule has 0 amide bonds. The van der Waals surface area contributed by atoms with Gasteiger partial charge in [0.05, 0.1) is 24.9 Å². The number of benzene rings is 1. The van der Waals surface area contributed by atoms with Crippen molar-refractivity contribution < 1.29 is 19.0 Å². The van der Waals surface area contributed by atoms with Gasteiger partial charge in [0.1, 0.15) is 17.9 Å². The van der Waals surface area contributed by atoms with Gasteiger partial charge in [-0.05, 0) is 36.0 Å². The van der Waals surface area contributed by atoms with Crippen LogP contribution in [0.5, 0.6) is 11.6 Å². The van der Waals surface area contributed by atoms with Crippen molar-refractivity contribution in [2.75, 3.05) is 38.3 Å². The molecule has 1 saturated carbocycles. The third-order valence-corrected chi connectivity index (χ3v) is 5.70. The van der Waals surface area contributed by atoms with E-state index in [0.29, 0.717) is 29.7 Å². The topological polar surface area (TPSA) is 73.8 Å². The first kappa shape index (κ1) is 20.5. The Kier molecular flexibility index (Phi) is 6.08. The molecule has 0 N–H and O–H groups in total. The lowest BCUT2D eigenvalue weighted by Crippen LogP contribution is -2.25. The van der Waals surface area contributed by atoms with Crippen molar-refractivity contribution in [3.05, 3.63) is 53.2 Å². The Morgan fingerprint density at radius 1 is 1.37 bits per heavy atom. The number of fused-ring (bicyclic) bond motifs is 1. The molecule has 0 radical (unpaired) electrons. The average molecular weight is 430 g/mol. The molecule has 2 unspecified atom stereocenters. The van der Waals surface area contributed by atoms with Crippen LogP contribution < -0.4 is 14.4 Å². The molecule has 0 spiro atoms. The van der Waals surface area contributed by atoms with Gasteiger partial charge in [0, 0.05) is 19.5 Å². The highest BCUT2D eigenvalue weighted by Gasteiger charge is 2.46. The minimum Gasteiger partial charge on any atom is -0.495 e. The van der Waals surface area contributed by atoms with Crippen molar-refractivity contribution in [1.29, 1.82) is 0 Å². The van der Waals surface area contributed by atoms with Crippen molar-refractivity contribution >= 4 is 23.5 Å². The molecule has 1 aromatic heterocycles. The largest absolute Gasteiger partial charge is 0.495 e. The lowest BCUT2D eigenvalue weighted by Gasteiger charge is -2.19. The molecule has 2 aliphatic rings. The molecule has 2 fully saturated rings.